The third-order valence-corrected chi connectivity index (χ3v) is 7.56. The Labute approximate surface area is 136 Å². The van der Waals surface area contributed by atoms with Gasteiger partial charge < -0.3 is 18.3 Å². The van der Waals surface area contributed by atoms with E-state index < -0.39 is 8.56 Å². The summed E-state index contributed by atoms with van der Waals surface area (Å²) < 4.78 is 23.7. The molecule has 22 heavy (non-hydrogen) atoms. The average molecular weight is 332 g/mol. The van der Waals surface area contributed by atoms with Crippen molar-refractivity contribution in [3.63, 3.8) is 0 Å². The molecule has 130 valence electrons. The fourth-order valence-corrected chi connectivity index (χ4v) is 5.89. The molecule has 0 spiro atoms. The zero-order valence-corrected chi connectivity index (χ0v) is 15.5. The second-order valence-electron chi connectivity index (χ2n) is 6.28. The molecule has 0 N–H and O–H groups in total. The van der Waals surface area contributed by atoms with Crippen molar-refractivity contribution in [1.82, 2.24) is 4.90 Å². The SMILES string of the molecule is CCO[Si](C)(CCCN(C1CCCO1)C1CCCO1)OCC. The second-order valence-corrected chi connectivity index (χ2v) is 9.62. The van der Waals surface area contributed by atoms with E-state index in [1.165, 1.54) is 0 Å². The molecule has 0 aromatic heterocycles. The summed E-state index contributed by atoms with van der Waals surface area (Å²) in [5.74, 6) is 0. The highest BCUT2D eigenvalue weighted by Gasteiger charge is 2.34. The van der Waals surface area contributed by atoms with Crippen molar-refractivity contribution in [1.29, 1.82) is 0 Å². The number of hydrogen-bond donors (Lipinski definition) is 0. The Morgan fingerprint density at radius 1 is 1.00 bits per heavy atom. The predicted molar refractivity (Wildman–Crippen MR) is 88.9 cm³/mol. The maximum atomic E-state index is 5.94. The van der Waals surface area contributed by atoms with Gasteiger partial charge in [-0.1, -0.05) is 0 Å². The monoisotopic (exact) mass is 331 g/mol. The Morgan fingerprint density at radius 2 is 1.55 bits per heavy atom. The topological polar surface area (TPSA) is 40.2 Å². The van der Waals surface area contributed by atoms with Gasteiger partial charge in [0.2, 0.25) is 0 Å². The summed E-state index contributed by atoms with van der Waals surface area (Å²) >= 11 is 0. The van der Waals surface area contributed by atoms with E-state index in [9.17, 15) is 0 Å². The minimum atomic E-state index is -2.00. The van der Waals surface area contributed by atoms with Crippen molar-refractivity contribution in [2.24, 2.45) is 0 Å². The van der Waals surface area contributed by atoms with Gasteiger partial charge in [-0.15, -0.1) is 0 Å². The molecule has 0 aromatic carbocycles. The number of nitrogens with zero attached hydrogens (tertiary/aromatic N) is 1. The molecule has 0 aromatic rings. The summed E-state index contributed by atoms with van der Waals surface area (Å²) in [5, 5.41) is 0. The van der Waals surface area contributed by atoms with Crippen LogP contribution in [-0.2, 0) is 18.3 Å². The first kappa shape index (κ1) is 18.4. The molecular formula is C16H33NO4Si. The van der Waals surface area contributed by atoms with Gasteiger partial charge in [-0.3, -0.25) is 4.90 Å². The van der Waals surface area contributed by atoms with Gasteiger partial charge in [-0.2, -0.15) is 0 Å². The molecule has 0 bridgehead atoms. The summed E-state index contributed by atoms with van der Waals surface area (Å²) in [5.41, 5.74) is 0. The molecule has 2 rings (SSSR count). The first-order chi connectivity index (χ1) is 10.7. The van der Waals surface area contributed by atoms with Gasteiger partial charge in [-0.25, -0.2) is 0 Å². The molecule has 0 radical (unpaired) electrons. The zero-order chi connectivity index (χ0) is 15.8. The Bertz CT molecular complexity index is 285. The van der Waals surface area contributed by atoms with E-state index in [0.29, 0.717) is 0 Å². The van der Waals surface area contributed by atoms with Crippen LogP contribution in [0.3, 0.4) is 0 Å². The molecule has 2 unspecified atom stereocenters. The highest BCUT2D eigenvalue weighted by Crippen LogP contribution is 2.26. The first-order valence-corrected chi connectivity index (χ1v) is 11.5. The predicted octanol–water partition coefficient (Wildman–Crippen LogP) is 3.10. The van der Waals surface area contributed by atoms with Crippen molar-refractivity contribution in [2.45, 2.75) is 71.0 Å². The summed E-state index contributed by atoms with van der Waals surface area (Å²) in [4.78, 5) is 2.44. The van der Waals surface area contributed by atoms with E-state index in [1.807, 2.05) is 0 Å². The summed E-state index contributed by atoms with van der Waals surface area (Å²) in [6.45, 7) is 10.6. The number of hydrogen-bond acceptors (Lipinski definition) is 5. The number of rotatable bonds is 10. The number of ether oxygens (including phenoxy) is 2. The molecule has 2 saturated heterocycles. The van der Waals surface area contributed by atoms with Crippen LogP contribution in [0, 0.1) is 0 Å². The Kier molecular flexibility index (Phi) is 7.80. The summed E-state index contributed by atoms with van der Waals surface area (Å²) in [7, 11) is -2.00. The van der Waals surface area contributed by atoms with Crippen molar-refractivity contribution >= 4 is 8.56 Å². The molecule has 2 heterocycles. The largest absolute Gasteiger partial charge is 0.395 e. The first-order valence-electron chi connectivity index (χ1n) is 8.95. The lowest BCUT2D eigenvalue weighted by atomic mass is 10.2. The van der Waals surface area contributed by atoms with Crippen LogP contribution >= 0.6 is 0 Å². The van der Waals surface area contributed by atoms with Gasteiger partial charge in [0.25, 0.3) is 0 Å². The fourth-order valence-electron chi connectivity index (χ4n) is 3.50. The molecule has 2 aliphatic heterocycles. The summed E-state index contributed by atoms with van der Waals surface area (Å²) in [6, 6.07) is 1.03. The smallest absolute Gasteiger partial charge is 0.334 e. The molecule has 2 atom stereocenters. The van der Waals surface area contributed by atoms with Crippen molar-refractivity contribution in [2.75, 3.05) is 33.0 Å². The lowest BCUT2D eigenvalue weighted by Crippen LogP contribution is -2.45. The van der Waals surface area contributed by atoms with Gasteiger partial charge in [0.15, 0.2) is 0 Å². The molecule has 0 amide bonds. The molecular weight excluding hydrogens is 298 g/mol. The Balaban J connectivity index is 1.84. The Hall–Kier alpha value is 0.0169. The van der Waals surface area contributed by atoms with Crippen molar-refractivity contribution < 1.29 is 18.3 Å². The normalized spacial score (nSPS) is 26.2. The zero-order valence-electron chi connectivity index (χ0n) is 14.5. The van der Waals surface area contributed by atoms with E-state index in [4.69, 9.17) is 18.3 Å². The molecule has 2 aliphatic rings. The van der Waals surface area contributed by atoms with Crippen LogP contribution in [0.15, 0.2) is 0 Å². The van der Waals surface area contributed by atoms with Crippen LogP contribution < -0.4 is 0 Å². The second kappa shape index (κ2) is 9.35. The van der Waals surface area contributed by atoms with E-state index in [2.05, 4.69) is 25.3 Å². The maximum Gasteiger partial charge on any atom is 0.334 e. The van der Waals surface area contributed by atoms with Crippen LogP contribution in [0.5, 0.6) is 0 Å². The van der Waals surface area contributed by atoms with Crippen LogP contribution in [-0.4, -0.2) is 58.9 Å². The highest BCUT2D eigenvalue weighted by atomic mass is 28.4. The van der Waals surface area contributed by atoms with Crippen LogP contribution in [0.1, 0.15) is 46.0 Å². The van der Waals surface area contributed by atoms with Crippen LogP contribution in [0.2, 0.25) is 12.6 Å². The standard InChI is InChI=1S/C16H33NO4Si/c1-4-20-22(3,21-5-2)14-8-11-17(15-9-6-12-18-15)16-10-7-13-19-16/h15-16H,4-14H2,1-3H3. The third-order valence-electron chi connectivity index (χ3n) is 4.50. The fraction of sp³-hybridized carbons (Fsp3) is 1.00. The molecule has 5 nitrogen and oxygen atoms in total. The minimum Gasteiger partial charge on any atom is -0.395 e. The van der Waals surface area contributed by atoms with Gasteiger partial charge in [-0.05, 0) is 58.5 Å². The van der Waals surface area contributed by atoms with Crippen molar-refractivity contribution in [3.05, 3.63) is 0 Å². The van der Waals surface area contributed by atoms with Crippen LogP contribution in [0.25, 0.3) is 0 Å². The minimum absolute atomic E-state index is 0.246. The molecule has 2 fully saturated rings. The van der Waals surface area contributed by atoms with E-state index >= 15 is 0 Å². The van der Waals surface area contributed by atoms with Gasteiger partial charge in [0.1, 0.15) is 12.5 Å². The van der Waals surface area contributed by atoms with E-state index in [-0.39, 0.29) is 12.5 Å². The lowest BCUT2D eigenvalue weighted by molar-refractivity contribution is -0.116. The molecule has 0 saturated carbocycles. The highest BCUT2D eigenvalue weighted by molar-refractivity contribution is 6.66. The van der Waals surface area contributed by atoms with Crippen LogP contribution in [0.4, 0.5) is 0 Å². The van der Waals surface area contributed by atoms with E-state index in [0.717, 1.165) is 71.1 Å². The van der Waals surface area contributed by atoms with E-state index in [1.54, 1.807) is 0 Å². The van der Waals surface area contributed by atoms with Gasteiger partial charge >= 0.3 is 8.56 Å². The molecule has 6 heteroatoms. The van der Waals surface area contributed by atoms with Gasteiger partial charge in [0, 0.05) is 33.0 Å². The summed E-state index contributed by atoms with van der Waals surface area (Å²) in [6.07, 6.45) is 6.17. The lowest BCUT2D eigenvalue weighted by Gasteiger charge is -2.34. The van der Waals surface area contributed by atoms with Gasteiger partial charge in [0.05, 0.1) is 0 Å². The average Bonchev–Trinajstić information content (AvgIpc) is 3.18. The molecule has 0 aliphatic carbocycles. The third kappa shape index (κ3) is 5.28. The quantitative estimate of drug-likeness (QED) is 0.575. The van der Waals surface area contributed by atoms with Crippen molar-refractivity contribution in [3.8, 4) is 0 Å². The Morgan fingerprint density at radius 3 is 1.95 bits per heavy atom. The maximum absolute atomic E-state index is 5.94.